The Morgan fingerprint density at radius 3 is 2.65 bits per heavy atom. The predicted molar refractivity (Wildman–Crippen MR) is 93.0 cm³/mol. The second-order valence-corrected chi connectivity index (χ2v) is 5.43. The van der Waals surface area contributed by atoms with Gasteiger partial charge in [0.2, 0.25) is 0 Å². The lowest BCUT2D eigenvalue weighted by Gasteiger charge is -2.05. The van der Waals surface area contributed by atoms with Crippen LogP contribution in [0.4, 0.5) is 0 Å². The molecule has 23 heavy (non-hydrogen) atoms. The van der Waals surface area contributed by atoms with Crippen LogP contribution in [0.15, 0.2) is 59.0 Å². The van der Waals surface area contributed by atoms with E-state index in [1.165, 1.54) is 0 Å². The highest BCUT2D eigenvalue weighted by Crippen LogP contribution is 2.29. The molecule has 0 fully saturated rings. The largest absolute Gasteiger partial charge is 0.496 e. The summed E-state index contributed by atoms with van der Waals surface area (Å²) in [6.45, 7) is 2.90. The van der Waals surface area contributed by atoms with E-state index in [2.05, 4.69) is 13.0 Å². The summed E-state index contributed by atoms with van der Waals surface area (Å²) in [5.41, 5.74) is 1.81. The van der Waals surface area contributed by atoms with Crippen molar-refractivity contribution >= 4 is 11.0 Å². The lowest BCUT2D eigenvalue weighted by atomic mass is 10.1. The summed E-state index contributed by atoms with van der Waals surface area (Å²) in [4.78, 5) is 0. The SMILES string of the molecule is CCCCOc1cccc(-c2ccc3ccc(OC)cc3[o+]2)c1. The van der Waals surface area contributed by atoms with Crippen LogP contribution in [-0.2, 0) is 0 Å². The molecule has 3 nitrogen and oxygen atoms in total. The summed E-state index contributed by atoms with van der Waals surface area (Å²) < 4.78 is 17.1. The van der Waals surface area contributed by atoms with Crippen LogP contribution < -0.4 is 9.47 Å². The van der Waals surface area contributed by atoms with E-state index in [9.17, 15) is 0 Å². The zero-order chi connectivity index (χ0) is 16.1. The third-order valence-electron chi connectivity index (χ3n) is 3.74. The summed E-state index contributed by atoms with van der Waals surface area (Å²) in [7, 11) is 1.65. The second kappa shape index (κ2) is 7.14. The van der Waals surface area contributed by atoms with Crippen LogP contribution in [0, 0.1) is 0 Å². The molecule has 0 saturated heterocycles. The summed E-state index contributed by atoms with van der Waals surface area (Å²) in [6.07, 6.45) is 2.19. The van der Waals surface area contributed by atoms with E-state index in [-0.39, 0.29) is 0 Å². The molecule has 3 rings (SSSR count). The van der Waals surface area contributed by atoms with Crippen molar-refractivity contribution in [2.24, 2.45) is 0 Å². The molecule has 0 N–H and O–H groups in total. The van der Waals surface area contributed by atoms with Crippen molar-refractivity contribution in [3.63, 3.8) is 0 Å². The van der Waals surface area contributed by atoms with E-state index in [1.807, 2.05) is 48.5 Å². The molecule has 0 spiro atoms. The average Bonchev–Trinajstić information content (AvgIpc) is 2.61. The maximum absolute atomic E-state index is 6.04. The normalized spacial score (nSPS) is 10.7. The van der Waals surface area contributed by atoms with Crippen LogP contribution in [0.2, 0.25) is 0 Å². The van der Waals surface area contributed by atoms with Gasteiger partial charge < -0.3 is 9.47 Å². The molecule has 0 amide bonds. The van der Waals surface area contributed by atoms with Crippen LogP contribution in [-0.4, -0.2) is 13.7 Å². The molecule has 3 heteroatoms. The van der Waals surface area contributed by atoms with Crippen molar-refractivity contribution in [1.29, 1.82) is 0 Å². The van der Waals surface area contributed by atoms with Crippen LogP contribution in [0.3, 0.4) is 0 Å². The Labute approximate surface area is 136 Å². The van der Waals surface area contributed by atoms with Crippen LogP contribution >= 0.6 is 0 Å². The highest BCUT2D eigenvalue weighted by atomic mass is 16.5. The fraction of sp³-hybridized carbons (Fsp3) is 0.250. The molecule has 0 atom stereocenters. The van der Waals surface area contributed by atoms with Gasteiger partial charge in [-0.25, -0.2) is 4.42 Å². The molecule has 3 aromatic rings. The maximum atomic E-state index is 6.04. The van der Waals surface area contributed by atoms with Gasteiger partial charge in [0.15, 0.2) is 0 Å². The minimum absolute atomic E-state index is 0.742. The first-order valence-corrected chi connectivity index (χ1v) is 7.94. The van der Waals surface area contributed by atoms with E-state index >= 15 is 0 Å². The first-order valence-electron chi connectivity index (χ1n) is 7.94. The molecule has 0 bridgehead atoms. The fourth-order valence-electron chi connectivity index (χ4n) is 2.41. The summed E-state index contributed by atoms with van der Waals surface area (Å²) in [5.74, 6) is 2.47. The quantitative estimate of drug-likeness (QED) is 0.440. The zero-order valence-electron chi connectivity index (χ0n) is 13.5. The van der Waals surface area contributed by atoms with Crippen molar-refractivity contribution < 1.29 is 13.9 Å². The van der Waals surface area contributed by atoms with Crippen LogP contribution in [0.5, 0.6) is 11.5 Å². The number of unbranched alkanes of at least 4 members (excludes halogenated alkanes) is 1. The number of methoxy groups -OCH3 is 1. The molecule has 0 radical (unpaired) electrons. The van der Waals surface area contributed by atoms with E-state index in [0.717, 1.165) is 53.2 Å². The smallest absolute Gasteiger partial charge is 0.364 e. The number of hydrogen-bond donors (Lipinski definition) is 0. The van der Waals surface area contributed by atoms with Crippen molar-refractivity contribution in [2.45, 2.75) is 19.8 Å². The van der Waals surface area contributed by atoms with Crippen molar-refractivity contribution in [3.8, 4) is 22.8 Å². The molecule has 0 aliphatic rings. The fourth-order valence-corrected chi connectivity index (χ4v) is 2.41. The summed E-state index contributed by atoms with van der Waals surface area (Å²) >= 11 is 0. The lowest BCUT2D eigenvalue weighted by molar-refractivity contribution is 0.309. The number of fused-ring (bicyclic) bond motifs is 1. The van der Waals surface area contributed by atoms with Gasteiger partial charge in [-0.1, -0.05) is 19.4 Å². The number of benzene rings is 2. The molecule has 0 aliphatic carbocycles. The average molecular weight is 309 g/mol. The van der Waals surface area contributed by atoms with Gasteiger partial charge in [0.1, 0.15) is 11.5 Å². The molecule has 0 unspecified atom stereocenters. The zero-order valence-corrected chi connectivity index (χ0v) is 13.5. The minimum atomic E-state index is 0.742. The highest BCUT2D eigenvalue weighted by molar-refractivity contribution is 5.80. The van der Waals surface area contributed by atoms with Gasteiger partial charge in [0.05, 0.1) is 30.7 Å². The van der Waals surface area contributed by atoms with Gasteiger partial charge in [-0.2, -0.15) is 0 Å². The topological polar surface area (TPSA) is 29.8 Å². The molecular formula is C20H21O3+. The van der Waals surface area contributed by atoms with E-state index in [0.29, 0.717) is 0 Å². The van der Waals surface area contributed by atoms with Gasteiger partial charge >= 0.3 is 11.3 Å². The summed E-state index contributed by atoms with van der Waals surface area (Å²) in [6, 6.07) is 17.9. The first-order chi connectivity index (χ1) is 11.3. The standard InChI is InChI=1S/C20H21O3/c1-3-4-12-22-18-7-5-6-16(13-18)19-11-9-15-8-10-17(21-2)14-20(15)23-19/h5-11,13-14H,3-4,12H2,1-2H3/q+1. The van der Waals surface area contributed by atoms with Gasteiger partial charge in [0, 0.05) is 6.07 Å². The van der Waals surface area contributed by atoms with Crippen molar-refractivity contribution in [3.05, 3.63) is 54.6 Å². The molecule has 0 saturated carbocycles. The highest BCUT2D eigenvalue weighted by Gasteiger charge is 2.15. The van der Waals surface area contributed by atoms with E-state index < -0.39 is 0 Å². The van der Waals surface area contributed by atoms with Crippen LogP contribution in [0.25, 0.3) is 22.3 Å². The predicted octanol–water partition coefficient (Wildman–Crippen LogP) is 5.57. The number of hydrogen-bond acceptors (Lipinski definition) is 2. The molecule has 118 valence electrons. The maximum Gasteiger partial charge on any atom is 0.364 e. The van der Waals surface area contributed by atoms with Gasteiger partial charge in [-0.15, -0.1) is 0 Å². The Bertz CT molecular complexity index is 796. The second-order valence-electron chi connectivity index (χ2n) is 5.43. The Morgan fingerprint density at radius 1 is 0.957 bits per heavy atom. The third-order valence-corrected chi connectivity index (χ3v) is 3.74. The molecule has 1 heterocycles. The van der Waals surface area contributed by atoms with Crippen LogP contribution in [0.1, 0.15) is 19.8 Å². The minimum Gasteiger partial charge on any atom is -0.496 e. The number of rotatable bonds is 6. The molecule has 1 aromatic heterocycles. The lowest BCUT2D eigenvalue weighted by Crippen LogP contribution is -1.96. The van der Waals surface area contributed by atoms with Crippen molar-refractivity contribution in [1.82, 2.24) is 0 Å². The Balaban J connectivity index is 1.91. The van der Waals surface area contributed by atoms with Crippen molar-refractivity contribution in [2.75, 3.05) is 13.7 Å². The Hall–Kier alpha value is -2.55. The van der Waals surface area contributed by atoms with Gasteiger partial charge in [-0.05, 0) is 42.8 Å². The van der Waals surface area contributed by atoms with E-state index in [4.69, 9.17) is 13.9 Å². The van der Waals surface area contributed by atoms with Gasteiger partial charge in [-0.3, -0.25) is 0 Å². The molecule has 0 aliphatic heterocycles. The molecular weight excluding hydrogens is 288 g/mol. The Kier molecular flexibility index (Phi) is 4.77. The Morgan fingerprint density at radius 2 is 1.83 bits per heavy atom. The third kappa shape index (κ3) is 3.62. The molecule has 2 aromatic carbocycles. The van der Waals surface area contributed by atoms with E-state index in [1.54, 1.807) is 7.11 Å². The van der Waals surface area contributed by atoms with Gasteiger partial charge in [0.25, 0.3) is 0 Å². The first kappa shape index (κ1) is 15.3. The number of ether oxygens (including phenoxy) is 2. The monoisotopic (exact) mass is 309 g/mol. The summed E-state index contributed by atoms with van der Waals surface area (Å²) in [5, 5.41) is 1.05.